The molecule has 0 bridgehead atoms. The number of hydrogen-bond donors (Lipinski definition) is 2. The molecule has 0 unspecified atom stereocenters. The van der Waals surface area contributed by atoms with Gasteiger partial charge in [0.2, 0.25) is 0 Å². The number of ketones is 1. The van der Waals surface area contributed by atoms with E-state index in [1.165, 1.54) is 12.5 Å². The molecule has 2 N–H and O–H groups in total. The van der Waals surface area contributed by atoms with Gasteiger partial charge in [-0.05, 0) is 44.4 Å². The predicted octanol–water partition coefficient (Wildman–Crippen LogP) is 4.01. The Hall–Kier alpha value is -2.62. The quantitative estimate of drug-likeness (QED) is 0.838. The molecule has 2 aromatic rings. The molecule has 4 heteroatoms. The number of Topliss-reactive ketones (excluding diaryl/α,β-unsaturated/α-hetero) is 1. The van der Waals surface area contributed by atoms with Gasteiger partial charge in [0.05, 0.1) is 5.54 Å². The molecule has 2 aromatic carbocycles. The van der Waals surface area contributed by atoms with Crippen LogP contribution in [0.25, 0.3) is 0 Å². The van der Waals surface area contributed by atoms with E-state index in [0.717, 1.165) is 18.4 Å². The summed E-state index contributed by atoms with van der Waals surface area (Å²) in [5.41, 5.74) is 3.29. The Morgan fingerprint density at radius 2 is 1.74 bits per heavy atom. The Kier molecular flexibility index (Phi) is 3.90. The van der Waals surface area contributed by atoms with Crippen LogP contribution in [0.3, 0.4) is 0 Å². The van der Waals surface area contributed by atoms with Gasteiger partial charge in [-0.25, -0.2) is 4.79 Å². The van der Waals surface area contributed by atoms with E-state index in [4.69, 9.17) is 0 Å². The summed E-state index contributed by atoms with van der Waals surface area (Å²) in [5, 5.41) is 5.88. The number of anilines is 1. The number of amides is 2. The highest BCUT2D eigenvalue weighted by molar-refractivity contribution is 5.96. The molecule has 2 amide bonds. The van der Waals surface area contributed by atoms with Gasteiger partial charge in [0.15, 0.2) is 5.78 Å². The van der Waals surface area contributed by atoms with E-state index in [-0.39, 0.29) is 17.4 Å². The van der Waals surface area contributed by atoms with Gasteiger partial charge in [0, 0.05) is 11.3 Å². The van der Waals surface area contributed by atoms with Crippen LogP contribution in [0.15, 0.2) is 48.5 Å². The Labute approximate surface area is 135 Å². The Bertz CT molecular complexity index is 746. The highest BCUT2D eigenvalue weighted by Gasteiger charge is 2.45. The van der Waals surface area contributed by atoms with Crippen molar-refractivity contribution in [3.8, 4) is 0 Å². The Morgan fingerprint density at radius 1 is 1.04 bits per heavy atom. The van der Waals surface area contributed by atoms with Gasteiger partial charge in [-0.15, -0.1) is 0 Å². The van der Waals surface area contributed by atoms with Crippen molar-refractivity contribution in [2.24, 2.45) is 0 Å². The van der Waals surface area contributed by atoms with Crippen LogP contribution in [0.1, 0.15) is 41.3 Å². The largest absolute Gasteiger partial charge is 0.328 e. The summed E-state index contributed by atoms with van der Waals surface area (Å²) in [6, 6.07) is 15.0. The van der Waals surface area contributed by atoms with Crippen LogP contribution in [0.5, 0.6) is 0 Å². The van der Waals surface area contributed by atoms with Gasteiger partial charge in [0.1, 0.15) is 0 Å². The number of rotatable bonds is 4. The first-order chi connectivity index (χ1) is 11.0. The predicted molar refractivity (Wildman–Crippen MR) is 90.7 cm³/mol. The van der Waals surface area contributed by atoms with E-state index in [0.29, 0.717) is 11.3 Å². The van der Waals surface area contributed by atoms with Crippen LogP contribution in [0, 0.1) is 6.92 Å². The van der Waals surface area contributed by atoms with Crippen molar-refractivity contribution in [2.45, 2.75) is 32.2 Å². The molecule has 1 saturated carbocycles. The van der Waals surface area contributed by atoms with Crippen LogP contribution < -0.4 is 10.6 Å². The van der Waals surface area contributed by atoms with Crippen molar-refractivity contribution < 1.29 is 9.59 Å². The van der Waals surface area contributed by atoms with E-state index in [1.54, 1.807) is 24.3 Å². The fourth-order valence-electron chi connectivity index (χ4n) is 2.68. The summed E-state index contributed by atoms with van der Waals surface area (Å²) >= 11 is 0. The number of hydrogen-bond acceptors (Lipinski definition) is 2. The molecule has 0 heterocycles. The lowest BCUT2D eigenvalue weighted by molar-refractivity contribution is 0.101. The third-order valence-electron chi connectivity index (χ3n) is 4.23. The monoisotopic (exact) mass is 308 g/mol. The minimum Gasteiger partial charge on any atom is -0.328 e. The molecule has 0 radical (unpaired) electrons. The van der Waals surface area contributed by atoms with E-state index in [2.05, 4.69) is 34.9 Å². The van der Waals surface area contributed by atoms with Gasteiger partial charge in [0.25, 0.3) is 0 Å². The summed E-state index contributed by atoms with van der Waals surface area (Å²) in [4.78, 5) is 23.7. The third kappa shape index (κ3) is 3.42. The fourth-order valence-corrected chi connectivity index (χ4v) is 2.68. The van der Waals surface area contributed by atoms with Crippen LogP contribution in [0.4, 0.5) is 10.5 Å². The first-order valence-corrected chi connectivity index (χ1v) is 7.76. The number of benzene rings is 2. The average molecular weight is 308 g/mol. The minimum absolute atomic E-state index is 0.0209. The molecule has 0 spiro atoms. The number of carbonyl (C=O) groups is 2. The molecule has 1 fully saturated rings. The topological polar surface area (TPSA) is 58.2 Å². The molecule has 0 aliphatic heterocycles. The van der Waals surface area contributed by atoms with Gasteiger partial charge < -0.3 is 10.6 Å². The first-order valence-electron chi connectivity index (χ1n) is 7.76. The first kappa shape index (κ1) is 15.3. The molecule has 1 aliphatic carbocycles. The van der Waals surface area contributed by atoms with Crippen LogP contribution in [-0.4, -0.2) is 11.8 Å². The van der Waals surface area contributed by atoms with Gasteiger partial charge >= 0.3 is 6.03 Å². The second-order valence-electron chi connectivity index (χ2n) is 6.16. The molecule has 1 aliphatic rings. The molecular formula is C19H20N2O2. The van der Waals surface area contributed by atoms with E-state index >= 15 is 0 Å². The fraction of sp³-hybridized carbons (Fsp3) is 0.263. The van der Waals surface area contributed by atoms with E-state index < -0.39 is 0 Å². The van der Waals surface area contributed by atoms with Gasteiger partial charge in [-0.3, -0.25) is 4.79 Å². The maximum absolute atomic E-state index is 12.3. The van der Waals surface area contributed by atoms with Gasteiger partial charge in [-0.2, -0.15) is 0 Å². The third-order valence-corrected chi connectivity index (χ3v) is 4.23. The zero-order valence-corrected chi connectivity index (χ0v) is 13.3. The maximum atomic E-state index is 12.3. The van der Waals surface area contributed by atoms with Gasteiger partial charge in [-0.1, -0.05) is 42.0 Å². The second-order valence-corrected chi connectivity index (χ2v) is 6.16. The molecule has 0 atom stereocenters. The van der Waals surface area contributed by atoms with Crippen molar-refractivity contribution in [1.82, 2.24) is 5.32 Å². The zero-order valence-electron chi connectivity index (χ0n) is 13.3. The average Bonchev–Trinajstić information content (AvgIpc) is 3.28. The number of carbonyl (C=O) groups excluding carboxylic acids is 2. The van der Waals surface area contributed by atoms with Crippen molar-refractivity contribution in [2.75, 3.05) is 5.32 Å². The van der Waals surface area contributed by atoms with E-state index in [1.807, 2.05) is 6.92 Å². The summed E-state index contributed by atoms with van der Waals surface area (Å²) in [5.74, 6) is -0.0209. The molecule has 0 saturated heterocycles. The highest BCUT2D eigenvalue weighted by atomic mass is 16.2. The minimum atomic E-state index is -0.254. The van der Waals surface area contributed by atoms with Crippen LogP contribution in [0.2, 0.25) is 0 Å². The standard InChI is InChI=1S/C19H20N2O2/c1-13-6-8-16(9-7-13)19(10-11-19)21-18(23)20-17-5-3-4-15(12-17)14(2)22/h3-9,12H,10-11H2,1-2H3,(H2,20,21,23). The highest BCUT2D eigenvalue weighted by Crippen LogP contribution is 2.45. The molecule has 3 rings (SSSR count). The van der Waals surface area contributed by atoms with Crippen molar-refractivity contribution >= 4 is 17.5 Å². The number of nitrogens with one attached hydrogen (secondary N) is 2. The number of aryl methyl sites for hydroxylation is 1. The molecule has 118 valence electrons. The lowest BCUT2D eigenvalue weighted by Gasteiger charge is -2.19. The molecule has 23 heavy (non-hydrogen) atoms. The zero-order chi connectivity index (χ0) is 16.4. The SMILES string of the molecule is CC(=O)c1cccc(NC(=O)NC2(c3ccc(C)cc3)CC2)c1. The Balaban J connectivity index is 1.69. The van der Waals surface area contributed by atoms with E-state index in [9.17, 15) is 9.59 Å². The normalized spacial score (nSPS) is 14.9. The smallest absolute Gasteiger partial charge is 0.319 e. The second kappa shape index (κ2) is 5.88. The van der Waals surface area contributed by atoms with Crippen LogP contribution >= 0.6 is 0 Å². The van der Waals surface area contributed by atoms with Crippen LogP contribution in [-0.2, 0) is 5.54 Å². The maximum Gasteiger partial charge on any atom is 0.319 e. The van der Waals surface area contributed by atoms with Crippen molar-refractivity contribution in [3.05, 3.63) is 65.2 Å². The number of urea groups is 1. The molecule has 0 aromatic heterocycles. The summed E-state index contributed by atoms with van der Waals surface area (Å²) in [6.45, 7) is 3.56. The lowest BCUT2D eigenvalue weighted by Crippen LogP contribution is -2.38. The lowest BCUT2D eigenvalue weighted by atomic mass is 10.0. The van der Waals surface area contributed by atoms with Crippen molar-refractivity contribution in [1.29, 1.82) is 0 Å². The summed E-state index contributed by atoms with van der Waals surface area (Å²) < 4.78 is 0. The molecule has 4 nitrogen and oxygen atoms in total. The molecular weight excluding hydrogens is 288 g/mol. The summed E-state index contributed by atoms with van der Waals surface area (Å²) in [7, 11) is 0. The Morgan fingerprint density at radius 3 is 2.35 bits per heavy atom. The summed E-state index contributed by atoms with van der Waals surface area (Å²) in [6.07, 6.45) is 1.88. The van der Waals surface area contributed by atoms with Crippen molar-refractivity contribution in [3.63, 3.8) is 0 Å².